The van der Waals surface area contributed by atoms with E-state index in [2.05, 4.69) is 46.0 Å². The second kappa shape index (κ2) is 7.70. The van der Waals surface area contributed by atoms with Gasteiger partial charge in [-0.1, -0.05) is 54.5 Å². The predicted octanol–water partition coefficient (Wildman–Crippen LogP) is 6.31. The van der Waals surface area contributed by atoms with Crippen LogP contribution in [0.5, 0.6) is 0 Å². The van der Waals surface area contributed by atoms with Crippen molar-refractivity contribution in [2.45, 2.75) is 105 Å². The number of Topliss-reactive ketones (excluding diaryl/α,β-unsaturated/α-hetero) is 2. The fourth-order valence-corrected chi connectivity index (χ4v) is 10.7. The van der Waals surface area contributed by atoms with E-state index in [1.165, 1.54) is 0 Å². The molecule has 0 heterocycles. The van der Waals surface area contributed by atoms with Gasteiger partial charge < -0.3 is 10.4 Å². The van der Waals surface area contributed by atoms with E-state index in [-0.39, 0.29) is 57.1 Å². The van der Waals surface area contributed by atoms with Gasteiger partial charge in [-0.25, -0.2) is 4.79 Å². The van der Waals surface area contributed by atoms with E-state index in [0.717, 1.165) is 44.9 Å². The molecule has 0 saturated heterocycles. The number of carboxylic acid groups (broad SMARTS) is 1. The highest BCUT2D eigenvalue weighted by Gasteiger charge is 2.72. The van der Waals surface area contributed by atoms with Crippen LogP contribution < -0.4 is 5.32 Å². The number of fused-ring (bicyclic) bond motifs is 7. The van der Waals surface area contributed by atoms with Gasteiger partial charge in [0.05, 0.1) is 5.57 Å². The second-order valence-electron chi connectivity index (χ2n) is 15.3. The minimum absolute atomic E-state index is 0.0171. The molecule has 0 aromatic rings. The average molecular weight is 509 g/mol. The summed E-state index contributed by atoms with van der Waals surface area (Å²) in [5, 5.41) is 22.6. The number of rotatable bonds is 1. The van der Waals surface area contributed by atoms with E-state index < -0.39 is 22.5 Å². The van der Waals surface area contributed by atoms with E-state index in [0.29, 0.717) is 6.42 Å². The van der Waals surface area contributed by atoms with Crippen molar-refractivity contribution in [2.75, 3.05) is 0 Å². The molecule has 2 N–H and O–H groups in total. The monoisotopic (exact) mass is 508 g/mol. The minimum Gasteiger partial charge on any atom is -0.465 e. The molecule has 0 aromatic carbocycles. The molecule has 0 radical (unpaired) electrons. The molecule has 0 unspecified atom stereocenters. The molecule has 6 nitrogen and oxygen atoms in total. The zero-order valence-corrected chi connectivity index (χ0v) is 23.7. The third-order valence-electron chi connectivity index (χ3n) is 12.8. The highest BCUT2D eigenvalue weighted by molar-refractivity contribution is 6.04. The van der Waals surface area contributed by atoms with Gasteiger partial charge in [0, 0.05) is 23.3 Å². The summed E-state index contributed by atoms with van der Waals surface area (Å²) in [7, 11) is 0. The molecular weight excluding hydrogens is 464 g/mol. The predicted molar refractivity (Wildman–Crippen MR) is 140 cm³/mol. The number of nitrogens with zero attached hydrogens (tertiary/aromatic N) is 1. The van der Waals surface area contributed by atoms with Gasteiger partial charge in [0.1, 0.15) is 11.9 Å². The Hall–Kier alpha value is -2.16. The van der Waals surface area contributed by atoms with Crippen LogP contribution in [0.2, 0.25) is 0 Å². The summed E-state index contributed by atoms with van der Waals surface area (Å²) >= 11 is 0. The topological polar surface area (TPSA) is 107 Å². The van der Waals surface area contributed by atoms with E-state index >= 15 is 0 Å². The maximum atomic E-state index is 14.4. The third-order valence-corrected chi connectivity index (χ3v) is 12.8. The van der Waals surface area contributed by atoms with Crippen molar-refractivity contribution in [3.63, 3.8) is 0 Å². The number of ketones is 2. The summed E-state index contributed by atoms with van der Waals surface area (Å²) in [6.07, 6.45) is 7.36. The van der Waals surface area contributed by atoms with Gasteiger partial charge >= 0.3 is 6.09 Å². The molecule has 1 amide bonds. The summed E-state index contributed by atoms with van der Waals surface area (Å²) < 4.78 is 0. The number of amides is 1. The summed E-state index contributed by atoms with van der Waals surface area (Å²) in [6, 6.07) is 2.18. The van der Waals surface area contributed by atoms with Crippen molar-refractivity contribution < 1.29 is 19.5 Å². The first-order chi connectivity index (χ1) is 17.0. The fourth-order valence-electron chi connectivity index (χ4n) is 10.7. The van der Waals surface area contributed by atoms with Crippen molar-refractivity contribution >= 4 is 17.7 Å². The van der Waals surface area contributed by atoms with Crippen LogP contribution >= 0.6 is 0 Å². The average Bonchev–Trinajstić information content (AvgIpc) is 2.78. The van der Waals surface area contributed by atoms with Crippen molar-refractivity contribution in [3.8, 4) is 6.07 Å². The highest BCUT2D eigenvalue weighted by atomic mass is 16.4. The lowest BCUT2D eigenvalue weighted by Gasteiger charge is -2.72. The van der Waals surface area contributed by atoms with Crippen LogP contribution in [-0.2, 0) is 9.59 Å². The number of hydrogen-bond donors (Lipinski definition) is 2. The quantitative estimate of drug-likeness (QED) is 0.432. The Bertz CT molecular complexity index is 1150. The summed E-state index contributed by atoms with van der Waals surface area (Å²) in [5.74, 6) is 0.106. The van der Waals surface area contributed by atoms with Crippen molar-refractivity contribution in [1.82, 2.24) is 5.32 Å². The number of nitrogens with one attached hydrogen (secondary N) is 1. The fraction of sp³-hybridized carbons (Fsp3) is 0.806. The number of carbonyl (C=O) groups excluding carboxylic acids is 2. The summed E-state index contributed by atoms with van der Waals surface area (Å²) in [5.41, 5.74) is -1.72. The molecule has 4 saturated carbocycles. The van der Waals surface area contributed by atoms with Crippen molar-refractivity contribution in [1.29, 1.82) is 5.26 Å². The summed E-state index contributed by atoms with van der Waals surface area (Å²) in [4.78, 5) is 39.6. The Morgan fingerprint density at radius 2 is 1.62 bits per heavy atom. The van der Waals surface area contributed by atoms with Crippen LogP contribution in [0.15, 0.2) is 11.6 Å². The molecule has 8 atom stereocenters. The number of hydrogen-bond acceptors (Lipinski definition) is 4. The standard InChI is InChI=1S/C31H44N2O4/c1-26(2)10-12-31(33-25(36)37)13-11-30(7)23(19(31)16-26)20(34)14-22-28(5)15-18(17-32)24(35)27(3,4)21(28)8-9-29(22,30)6/h15,19,21-23,33H,8-14,16H2,1-7H3,(H,36,37)/t19-,21-,22+,23-,28-,29+,30+,31-/m0/s1. The Balaban J connectivity index is 1.63. The van der Waals surface area contributed by atoms with Crippen LogP contribution in [0.1, 0.15) is 99.8 Å². The van der Waals surface area contributed by atoms with Gasteiger partial charge in [0.15, 0.2) is 5.78 Å². The van der Waals surface area contributed by atoms with Crippen molar-refractivity contribution in [2.24, 2.45) is 50.7 Å². The first kappa shape index (κ1) is 26.4. The zero-order valence-electron chi connectivity index (χ0n) is 23.7. The van der Waals surface area contributed by atoms with E-state index in [1.54, 1.807) is 0 Å². The van der Waals surface area contributed by atoms with E-state index in [9.17, 15) is 24.8 Å². The van der Waals surface area contributed by atoms with Gasteiger partial charge in [-0.3, -0.25) is 9.59 Å². The third kappa shape index (κ3) is 3.31. The zero-order chi connectivity index (χ0) is 27.4. The van der Waals surface area contributed by atoms with Crippen molar-refractivity contribution in [3.05, 3.63) is 11.6 Å². The van der Waals surface area contributed by atoms with Crippen LogP contribution in [0.3, 0.4) is 0 Å². The normalized spacial score (nSPS) is 47.8. The smallest absolute Gasteiger partial charge is 0.405 e. The molecule has 0 bridgehead atoms. The molecule has 5 aliphatic rings. The van der Waals surface area contributed by atoms with Gasteiger partial charge in [0.2, 0.25) is 0 Å². The SMILES string of the molecule is CC1(C)CC[C@]2(NC(=O)O)CC[C@]3(C)[C@H](C(=O)C[C@@H]4[C@@]5(C)C=C(C#N)C(=O)C(C)(C)[C@@H]5CC[C@]43C)[C@@H]2C1. The van der Waals surface area contributed by atoms with Gasteiger partial charge in [-0.15, -0.1) is 0 Å². The maximum Gasteiger partial charge on any atom is 0.405 e. The highest BCUT2D eigenvalue weighted by Crippen LogP contribution is 2.74. The number of nitriles is 1. The number of allylic oxidation sites excluding steroid dienone is 2. The van der Waals surface area contributed by atoms with Gasteiger partial charge in [-0.05, 0) is 84.4 Å². The molecule has 0 spiro atoms. The molecular formula is C31H44N2O4. The lowest BCUT2D eigenvalue weighted by Crippen LogP contribution is -2.72. The Morgan fingerprint density at radius 3 is 2.24 bits per heavy atom. The molecule has 202 valence electrons. The van der Waals surface area contributed by atoms with Gasteiger partial charge in [0.25, 0.3) is 0 Å². The molecule has 0 aliphatic heterocycles. The van der Waals surface area contributed by atoms with E-state index in [1.807, 2.05) is 19.9 Å². The lowest BCUT2D eigenvalue weighted by atomic mass is 9.32. The Labute approximate surface area is 221 Å². The molecule has 0 aromatic heterocycles. The van der Waals surface area contributed by atoms with Crippen LogP contribution in [0.4, 0.5) is 4.79 Å². The van der Waals surface area contributed by atoms with Crippen LogP contribution in [0.25, 0.3) is 0 Å². The minimum atomic E-state index is -0.989. The van der Waals surface area contributed by atoms with Crippen LogP contribution in [-0.4, -0.2) is 28.3 Å². The van der Waals surface area contributed by atoms with E-state index in [4.69, 9.17) is 0 Å². The number of carbonyl (C=O) groups is 3. The van der Waals surface area contributed by atoms with Crippen LogP contribution in [0, 0.1) is 62.1 Å². The maximum absolute atomic E-state index is 14.4. The first-order valence-electron chi connectivity index (χ1n) is 14.2. The molecule has 4 fully saturated rings. The molecule has 5 rings (SSSR count). The Morgan fingerprint density at radius 1 is 0.973 bits per heavy atom. The first-order valence-corrected chi connectivity index (χ1v) is 14.2. The largest absolute Gasteiger partial charge is 0.465 e. The Kier molecular flexibility index (Phi) is 5.50. The molecule has 37 heavy (non-hydrogen) atoms. The lowest BCUT2D eigenvalue weighted by molar-refractivity contribution is -0.214. The summed E-state index contributed by atoms with van der Waals surface area (Å²) in [6.45, 7) is 15.4. The molecule has 5 aliphatic carbocycles. The molecule has 6 heteroatoms. The van der Waals surface area contributed by atoms with Gasteiger partial charge in [-0.2, -0.15) is 5.26 Å². The second-order valence-corrected chi connectivity index (χ2v) is 15.3.